The Balaban J connectivity index is 0.00000245. The zero-order valence-electron chi connectivity index (χ0n) is 17.9. The second-order valence-electron chi connectivity index (χ2n) is 8.36. The van der Waals surface area contributed by atoms with Crippen LogP contribution in [0.25, 0.3) is 5.69 Å². The van der Waals surface area contributed by atoms with E-state index in [0.29, 0.717) is 17.7 Å². The summed E-state index contributed by atoms with van der Waals surface area (Å²) in [4.78, 5) is 9.26. The number of nitrogens with one attached hydrogen (secondary N) is 1. The number of benzene rings is 2. The molecule has 0 unspecified atom stereocenters. The molecular formula is C23H29FN6O. The lowest BCUT2D eigenvalue weighted by molar-refractivity contribution is -0.0660. The number of hydrogen-bond acceptors (Lipinski definition) is 6. The standard InChI is InChI=1S/C23H27FN6O.H2/c1-16-3-4-21(24)22(11-16)30-15-25-23(27-30)26-18-9-17(2)10-19(12-18)28-5-7-29(8-6-28)20-13-31-14-20;/h3-4,9-12,15,20H,5-8,13-14H2,1-2H3,(H,26,27);1H. The van der Waals surface area contributed by atoms with Crippen LogP contribution in [0.2, 0.25) is 0 Å². The molecule has 1 aromatic heterocycles. The predicted octanol–water partition coefficient (Wildman–Crippen LogP) is 3.53. The molecule has 0 radical (unpaired) electrons. The molecule has 2 fully saturated rings. The summed E-state index contributed by atoms with van der Waals surface area (Å²) in [5.74, 6) is 0.111. The van der Waals surface area contributed by atoms with Gasteiger partial charge in [0.1, 0.15) is 17.8 Å². The molecule has 2 aromatic carbocycles. The van der Waals surface area contributed by atoms with E-state index < -0.39 is 0 Å². The highest BCUT2D eigenvalue weighted by Gasteiger charge is 2.29. The number of halogens is 1. The van der Waals surface area contributed by atoms with E-state index in [9.17, 15) is 4.39 Å². The molecule has 2 saturated heterocycles. The Morgan fingerprint density at radius 3 is 2.58 bits per heavy atom. The second kappa shape index (κ2) is 8.28. The summed E-state index contributed by atoms with van der Waals surface area (Å²) in [5.41, 5.74) is 4.64. The number of nitrogens with zero attached hydrogens (tertiary/aromatic N) is 5. The van der Waals surface area contributed by atoms with E-state index in [2.05, 4.69) is 50.3 Å². The lowest BCUT2D eigenvalue weighted by Crippen LogP contribution is -2.56. The van der Waals surface area contributed by atoms with E-state index in [1.807, 2.05) is 6.92 Å². The van der Waals surface area contributed by atoms with Crippen LogP contribution in [0.5, 0.6) is 0 Å². The summed E-state index contributed by atoms with van der Waals surface area (Å²) < 4.78 is 21.0. The van der Waals surface area contributed by atoms with Gasteiger partial charge in [-0.15, -0.1) is 5.10 Å². The minimum atomic E-state index is -0.326. The van der Waals surface area contributed by atoms with E-state index in [-0.39, 0.29) is 7.24 Å². The monoisotopic (exact) mass is 424 g/mol. The van der Waals surface area contributed by atoms with Gasteiger partial charge in [-0.1, -0.05) is 6.07 Å². The molecule has 1 N–H and O–H groups in total. The fourth-order valence-corrected chi connectivity index (χ4v) is 4.16. The maximum Gasteiger partial charge on any atom is 0.246 e. The predicted molar refractivity (Wildman–Crippen MR) is 121 cm³/mol. The second-order valence-corrected chi connectivity index (χ2v) is 8.36. The van der Waals surface area contributed by atoms with Crippen molar-refractivity contribution in [1.82, 2.24) is 19.7 Å². The van der Waals surface area contributed by atoms with Gasteiger partial charge in [-0.2, -0.15) is 4.98 Å². The summed E-state index contributed by atoms with van der Waals surface area (Å²) in [6.07, 6.45) is 1.53. The van der Waals surface area contributed by atoms with Crippen LogP contribution >= 0.6 is 0 Å². The van der Waals surface area contributed by atoms with Gasteiger partial charge in [-0.3, -0.25) is 4.90 Å². The topological polar surface area (TPSA) is 58.5 Å². The minimum absolute atomic E-state index is 0. The van der Waals surface area contributed by atoms with Crippen molar-refractivity contribution < 1.29 is 10.6 Å². The smallest absolute Gasteiger partial charge is 0.246 e. The quantitative estimate of drug-likeness (QED) is 0.676. The van der Waals surface area contributed by atoms with Gasteiger partial charge < -0.3 is 15.0 Å². The molecule has 3 heterocycles. The third-order valence-electron chi connectivity index (χ3n) is 5.97. The number of ether oxygens (including phenoxy) is 1. The van der Waals surface area contributed by atoms with Crippen LogP contribution in [0.15, 0.2) is 42.7 Å². The normalized spacial score (nSPS) is 17.6. The molecule has 0 spiro atoms. The number of aromatic nitrogens is 3. The molecule has 2 aliphatic heterocycles. The fourth-order valence-electron chi connectivity index (χ4n) is 4.16. The number of rotatable bonds is 5. The molecule has 0 atom stereocenters. The molecule has 0 aliphatic carbocycles. The first-order valence-electron chi connectivity index (χ1n) is 10.7. The molecule has 0 saturated carbocycles. The lowest BCUT2D eigenvalue weighted by atomic mass is 10.1. The van der Waals surface area contributed by atoms with Gasteiger partial charge in [0.05, 0.1) is 19.3 Å². The van der Waals surface area contributed by atoms with Crippen molar-refractivity contribution in [3.05, 3.63) is 59.7 Å². The van der Waals surface area contributed by atoms with E-state index in [1.54, 1.807) is 12.1 Å². The Morgan fingerprint density at radius 1 is 1.03 bits per heavy atom. The van der Waals surface area contributed by atoms with E-state index >= 15 is 0 Å². The van der Waals surface area contributed by atoms with Crippen molar-refractivity contribution in [2.75, 3.05) is 49.6 Å². The molecular weight excluding hydrogens is 395 g/mol. The molecule has 7 nitrogen and oxygen atoms in total. The molecule has 2 aliphatic rings. The van der Waals surface area contributed by atoms with Crippen molar-refractivity contribution in [2.24, 2.45) is 0 Å². The van der Waals surface area contributed by atoms with E-state index in [0.717, 1.165) is 50.6 Å². The Kier molecular flexibility index (Phi) is 5.33. The van der Waals surface area contributed by atoms with Gasteiger partial charge in [-0.25, -0.2) is 9.07 Å². The maximum atomic E-state index is 14.2. The molecule has 31 heavy (non-hydrogen) atoms. The third kappa shape index (κ3) is 4.26. The van der Waals surface area contributed by atoms with Crippen LogP contribution in [0.4, 0.5) is 21.7 Å². The fraction of sp³-hybridized carbons (Fsp3) is 0.391. The Morgan fingerprint density at radius 2 is 1.84 bits per heavy atom. The SMILES string of the molecule is Cc1cc(Nc2ncn(-c3cc(C)ccc3F)n2)cc(N2CCN(C3COC3)CC2)c1.[HH]. The maximum absolute atomic E-state index is 14.2. The molecule has 3 aromatic rings. The first kappa shape index (κ1) is 20.0. The van der Waals surface area contributed by atoms with Crippen LogP contribution < -0.4 is 10.2 Å². The number of hydrogen-bond donors (Lipinski definition) is 1. The van der Waals surface area contributed by atoms with Gasteiger partial charge in [0.2, 0.25) is 5.95 Å². The summed E-state index contributed by atoms with van der Waals surface area (Å²) in [6.45, 7) is 9.85. The summed E-state index contributed by atoms with van der Waals surface area (Å²) in [7, 11) is 0. The van der Waals surface area contributed by atoms with Crippen molar-refractivity contribution in [3.63, 3.8) is 0 Å². The van der Waals surface area contributed by atoms with Gasteiger partial charge in [-0.05, 0) is 55.3 Å². The van der Waals surface area contributed by atoms with Crippen LogP contribution in [0.1, 0.15) is 12.6 Å². The van der Waals surface area contributed by atoms with Gasteiger partial charge in [0.15, 0.2) is 0 Å². The Bertz CT molecular complexity index is 1080. The van der Waals surface area contributed by atoms with Gasteiger partial charge in [0.25, 0.3) is 0 Å². The average molecular weight is 425 g/mol. The highest BCUT2D eigenvalue weighted by molar-refractivity contribution is 5.64. The van der Waals surface area contributed by atoms with Crippen molar-refractivity contribution in [1.29, 1.82) is 0 Å². The molecule has 0 amide bonds. The number of piperazine rings is 1. The summed E-state index contributed by atoms with van der Waals surface area (Å²) >= 11 is 0. The highest BCUT2D eigenvalue weighted by Crippen LogP contribution is 2.26. The van der Waals surface area contributed by atoms with Gasteiger partial charge in [0, 0.05) is 39.0 Å². The summed E-state index contributed by atoms with van der Waals surface area (Å²) in [5, 5.41) is 7.69. The molecule has 0 bridgehead atoms. The largest absolute Gasteiger partial charge is 0.378 e. The van der Waals surface area contributed by atoms with E-state index in [4.69, 9.17) is 4.74 Å². The van der Waals surface area contributed by atoms with Crippen molar-refractivity contribution in [2.45, 2.75) is 19.9 Å². The molecule has 164 valence electrons. The Labute approximate surface area is 182 Å². The first-order valence-corrected chi connectivity index (χ1v) is 10.7. The van der Waals surface area contributed by atoms with Crippen LogP contribution in [0, 0.1) is 19.7 Å². The number of aryl methyl sites for hydroxylation is 2. The zero-order chi connectivity index (χ0) is 21.4. The lowest BCUT2D eigenvalue weighted by Gasteiger charge is -2.43. The van der Waals surface area contributed by atoms with Crippen LogP contribution in [-0.4, -0.2) is 65.1 Å². The number of anilines is 3. The molecule has 5 rings (SSSR count). The Hall–Kier alpha value is -2.97. The van der Waals surface area contributed by atoms with Crippen LogP contribution in [0.3, 0.4) is 0 Å². The minimum Gasteiger partial charge on any atom is -0.378 e. The third-order valence-corrected chi connectivity index (χ3v) is 5.97. The van der Waals surface area contributed by atoms with E-state index in [1.165, 1.54) is 28.3 Å². The van der Waals surface area contributed by atoms with Crippen molar-refractivity contribution >= 4 is 17.3 Å². The molecule has 8 heteroatoms. The average Bonchev–Trinajstić information content (AvgIpc) is 3.17. The van der Waals surface area contributed by atoms with Gasteiger partial charge >= 0.3 is 0 Å². The zero-order valence-corrected chi connectivity index (χ0v) is 17.9. The highest BCUT2D eigenvalue weighted by atomic mass is 19.1. The summed E-state index contributed by atoms with van der Waals surface area (Å²) in [6, 6.07) is 11.9. The first-order chi connectivity index (χ1) is 15.0. The van der Waals surface area contributed by atoms with Crippen LogP contribution in [-0.2, 0) is 4.74 Å². The van der Waals surface area contributed by atoms with Crippen molar-refractivity contribution in [3.8, 4) is 5.69 Å².